The summed E-state index contributed by atoms with van der Waals surface area (Å²) in [5, 5.41) is 9.75. The average Bonchev–Trinajstić information content (AvgIpc) is 2.49. The van der Waals surface area contributed by atoms with Gasteiger partial charge >= 0.3 is 5.69 Å². The van der Waals surface area contributed by atoms with Crippen LogP contribution in [0.1, 0.15) is 12.5 Å². The summed E-state index contributed by atoms with van der Waals surface area (Å²) in [6.07, 6.45) is 2.93. The Labute approximate surface area is 120 Å². The lowest BCUT2D eigenvalue weighted by atomic mass is 10.2. The van der Waals surface area contributed by atoms with E-state index < -0.39 is 5.69 Å². The van der Waals surface area contributed by atoms with Crippen molar-refractivity contribution >= 4 is 12.0 Å². The van der Waals surface area contributed by atoms with Crippen LogP contribution in [0.25, 0.3) is 0 Å². The van der Waals surface area contributed by atoms with Crippen molar-refractivity contribution in [1.82, 2.24) is 15.2 Å². The van der Waals surface area contributed by atoms with Crippen molar-refractivity contribution in [2.75, 3.05) is 19.1 Å². The summed E-state index contributed by atoms with van der Waals surface area (Å²) in [7, 11) is 1.57. The predicted octanol–water partition coefficient (Wildman–Crippen LogP) is 1.02. The standard InChI is InChI=1S/C13H15N5O3/c1-3-21-10-5-4-9(6-11(10)20-2)7-14-17-12-8-15-18-13(19)16-12/h4-8H,3H2,1-2H3,(H2,16,17,18,19)/b14-7+. The van der Waals surface area contributed by atoms with Crippen LogP contribution in [-0.2, 0) is 0 Å². The van der Waals surface area contributed by atoms with E-state index in [1.165, 1.54) is 6.20 Å². The van der Waals surface area contributed by atoms with Gasteiger partial charge in [0.1, 0.15) is 0 Å². The third kappa shape index (κ3) is 4.03. The zero-order valence-corrected chi connectivity index (χ0v) is 11.7. The second kappa shape index (κ2) is 7.04. The summed E-state index contributed by atoms with van der Waals surface area (Å²) < 4.78 is 10.7. The first-order chi connectivity index (χ1) is 10.2. The van der Waals surface area contributed by atoms with Crippen LogP contribution in [0.5, 0.6) is 11.5 Å². The molecule has 0 fully saturated rings. The van der Waals surface area contributed by atoms with Crippen molar-refractivity contribution in [2.45, 2.75) is 6.92 Å². The number of hydrogen-bond acceptors (Lipinski definition) is 7. The molecule has 1 aromatic carbocycles. The average molecular weight is 289 g/mol. The number of benzene rings is 1. The molecule has 0 spiro atoms. The zero-order chi connectivity index (χ0) is 15.1. The Morgan fingerprint density at radius 2 is 2.29 bits per heavy atom. The van der Waals surface area contributed by atoms with E-state index in [-0.39, 0.29) is 5.82 Å². The fraction of sp³-hybridized carbons (Fsp3) is 0.231. The normalized spacial score (nSPS) is 10.6. The number of aromatic nitrogens is 3. The summed E-state index contributed by atoms with van der Waals surface area (Å²) in [4.78, 5) is 14.6. The van der Waals surface area contributed by atoms with Crippen LogP contribution in [0, 0.1) is 0 Å². The van der Waals surface area contributed by atoms with Crippen molar-refractivity contribution in [3.63, 3.8) is 0 Å². The molecule has 0 saturated heterocycles. The first-order valence-corrected chi connectivity index (χ1v) is 6.24. The van der Waals surface area contributed by atoms with E-state index in [9.17, 15) is 4.79 Å². The maximum atomic E-state index is 11.0. The van der Waals surface area contributed by atoms with E-state index in [2.05, 4.69) is 25.7 Å². The zero-order valence-electron chi connectivity index (χ0n) is 11.7. The number of ether oxygens (including phenoxy) is 2. The smallest absolute Gasteiger partial charge is 0.363 e. The lowest BCUT2D eigenvalue weighted by molar-refractivity contribution is 0.311. The van der Waals surface area contributed by atoms with E-state index >= 15 is 0 Å². The fourth-order valence-corrected chi connectivity index (χ4v) is 1.58. The Hall–Kier alpha value is -2.90. The minimum atomic E-state index is -0.544. The van der Waals surface area contributed by atoms with E-state index in [0.29, 0.717) is 18.1 Å². The molecule has 1 aromatic heterocycles. The molecule has 0 aliphatic rings. The highest BCUT2D eigenvalue weighted by atomic mass is 16.5. The molecule has 2 aromatic rings. The summed E-state index contributed by atoms with van der Waals surface area (Å²) in [6, 6.07) is 5.43. The lowest BCUT2D eigenvalue weighted by Gasteiger charge is -2.09. The number of H-pyrrole nitrogens is 1. The minimum Gasteiger partial charge on any atom is -0.493 e. The minimum absolute atomic E-state index is 0.257. The SMILES string of the molecule is CCOc1ccc(/C=N/Nc2cn[nH]c(=O)n2)cc1OC. The molecule has 8 nitrogen and oxygen atoms in total. The van der Waals surface area contributed by atoms with Crippen LogP contribution in [0.4, 0.5) is 5.82 Å². The van der Waals surface area contributed by atoms with Crippen LogP contribution >= 0.6 is 0 Å². The molecule has 0 radical (unpaired) electrons. The molecule has 0 saturated carbocycles. The van der Waals surface area contributed by atoms with Gasteiger partial charge in [-0.2, -0.15) is 15.2 Å². The van der Waals surface area contributed by atoms with Gasteiger partial charge < -0.3 is 9.47 Å². The Balaban J connectivity index is 2.08. The molecule has 0 atom stereocenters. The van der Waals surface area contributed by atoms with Crippen molar-refractivity contribution in [2.24, 2.45) is 5.10 Å². The Kier molecular flexibility index (Phi) is 4.86. The van der Waals surface area contributed by atoms with Gasteiger partial charge in [0.05, 0.1) is 26.1 Å². The van der Waals surface area contributed by atoms with Crippen LogP contribution in [-0.4, -0.2) is 35.1 Å². The molecule has 8 heteroatoms. The number of hydrazone groups is 1. The molecule has 0 unspecified atom stereocenters. The molecule has 2 rings (SSSR count). The molecule has 0 aliphatic carbocycles. The fourth-order valence-electron chi connectivity index (χ4n) is 1.58. The van der Waals surface area contributed by atoms with E-state index in [1.54, 1.807) is 25.5 Å². The summed E-state index contributed by atoms with van der Waals surface area (Å²) in [5.74, 6) is 1.55. The number of anilines is 1. The van der Waals surface area contributed by atoms with Gasteiger partial charge in [-0.3, -0.25) is 5.43 Å². The molecular weight excluding hydrogens is 274 g/mol. The van der Waals surface area contributed by atoms with Crippen LogP contribution in [0.2, 0.25) is 0 Å². The Morgan fingerprint density at radius 1 is 1.43 bits per heavy atom. The van der Waals surface area contributed by atoms with Crippen LogP contribution in [0.3, 0.4) is 0 Å². The topological polar surface area (TPSA) is 101 Å². The van der Waals surface area contributed by atoms with E-state index in [1.807, 2.05) is 13.0 Å². The Morgan fingerprint density at radius 3 is 3.00 bits per heavy atom. The number of rotatable bonds is 6. The van der Waals surface area contributed by atoms with Gasteiger partial charge in [-0.15, -0.1) is 0 Å². The predicted molar refractivity (Wildman–Crippen MR) is 78.0 cm³/mol. The molecule has 0 bridgehead atoms. The number of aromatic amines is 1. The number of methoxy groups -OCH3 is 1. The molecule has 2 N–H and O–H groups in total. The third-order valence-corrected chi connectivity index (χ3v) is 2.45. The third-order valence-electron chi connectivity index (χ3n) is 2.45. The van der Waals surface area contributed by atoms with Crippen molar-refractivity contribution < 1.29 is 9.47 Å². The quantitative estimate of drug-likeness (QED) is 0.608. The second-order valence-electron chi connectivity index (χ2n) is 3.89. The van der Waals surface area contributed by atoms with Gasteiger partial charge in [-0.05, 0) is 30.7 Å². The Bertz CT molecular complexity index is 684. The molecule has 21 heavy (non-hydrogen) atoms. The van der Waals surface area contributed by atoms with Gasteiger partial charge in [0.25, 0.3) is 0 Å². The van der Waals surface area contributed by atoms with Crippen LogP contribution < -0.4 is 20.6 Å². The first-order valence-electron chi connectivity index (χ1n) is 6.24. The molecule has 1 heterocycles. The number of nitrogens with one attached hydrogen (secondary N) is 2. The summed E-state index contributed by atoms with van der Waals surface area (Å²) in [6.45, 7) is 2.47. The highest BCUT2D eigenvalue weighted by Gasteiger charge is 2.03. The first kappa shape index (κ1) is 14.5. The monoisotopic (exact) mass is 289 g/mol. The van der Waals surface area contributed by atoms with Gasteiger partial charge in [0.2, 0.25) is 0 Å². The van der Waals surface area contributed by atoms with Crippen molar-refractivity contribution in [1.29, 1.82) is 0 Å². The van der Waals surface area contributed by atoms with Gasteiger partial charge in [0.15, 0.2) is 17.3 Å². The number of hydrogen-bond donors (Lipinski definition) is 2. The van der Waals surface area contributed by atoms with Gasteiger partial charge in [-0.1, -0.05) is 0 Å². The summed E-state index contributed by atoms with van der Waals surface area (Å²) in [5.41, 5.74) is 2.88. The second-order valence-corrected chi connectivity index (χ2v) is 3.89. The molecule has 0 aliphatic heterocycles. The molecule has 110 valence electrons. The van der Waals surface area contributed by atoms with Crippen molar-refractivity contribution in [3.8, 4) is 11.5 Å². The van der Waals surface area contributed by atoms with Crippen LogP contribution in [0.15, 0.2) is 34.3 Å². The van der Waals surface area contributed by atoms with Gasteiger partial charge in [0, 0.05) is 0 Å². The highest BCUT2D eigenvalue weighted by molar-refractivity contribution is 5.81. The van der Waals surface area contributed by atoms with E-state index in [0.717, 1.165) is 5.56 Å². The molecule has 0 amide bonds. The number of nitrogens with zero attached hydrogens (tertiary/aromatic N) is 3. The lowest BCUT2D eigenvalue weighted by Crippen LogP contribution is -2.13. The highest BCUT2D eigenvalue weighted by Crippen LogP contribution is 2.27. The molecular formula is C13H15N5O3. The van der Waals surface area contributed by atoms with E-state index in [4.69, 9.17) is 9.47 Å². The van der Waals surface area contributed by atoms with Crippen molar-refractivity contribution in [3.05, 3.63) is 40.4 Å². The van der Waals surface area contributed by atoms with Gasteiger partial charge in [-0.25, -0.2) is 9.89 Å². The maximum Gasteiger partial charge on any atom is 0.363 e. The maximum absolute atomic E-state index is 11.0. The summed E-state index contributed by atoms with van der Waals surface area (Å²) >= 11 is 0. The largest absolute Gasteiger partial charge is 0.493 e.